The van der Waals surface area contributed by atoms with Crippen molar-refractivity contribution in [2.45, 2.75) is 13.8 Å². The van der Waals surface area contributed by atoms with Crippen molar-refractivity contribution in [3.05, 3.63) is 128 Å². The lowest BCUT2D eigenvalue weighted by molar-refractivity contribution is 1.26. The molecule has 5 N–H and O–H groups in total. The van der Waals surface area contributed by atoms with Crippen LogP contribution in [0.25, 0.3) is 15.6 Å². The second kappa shape index (κ2) is 9.15. The van der Waals surface area contributed by atoms with Gasteiger partial charge in [-0.15, -0.1) is 0 Å². The van der Waals surface area contributed by atoms with E-state index in [2.05, 4.69) is 26.0 Å². The first-order valence-corrected chi connectivity index (χ1v) is 11.5. The summed E-state index contributed by atoms with van der Waals surface area (Å²) in [4.78, 5) is 59.0. The number of hydrogen-bond donors (Lipinski definition) is 4. The Bertz CT molecular complexity index is 2080. The molecule has 0 spiro atoms. The average molecular weight is 505 g/mol. The quantitative estimate of drug-likeness (QED) is 0.209. The number of aromatic nitrogens is 1. The predicted molar refractivity (Wildman–Crippen MR) is 148 cm³/mol. The van der Waals surface area contributed by atoms with E-state index in [1.54, 1.807) is 6.92 Å². The number of pyridine rings is 1. The molecule has 1 heterocycles. The highest BCUT2D eigenvalue weighted by Crippen LogP contribution is 2.37. The minimum Gasteiger partial charge on any atom is -0.382 e. The number of hydrazine groups is 1. The van der Waals surface area contributed by atoms with Gasteiger partial charge < -0.3 is 16.5 Å². The molecule has 0 atom stereocenters. The van der Waals surface area contributed by atoms with Crippen molar-refractivity contribution in [3.63, 3.8) is 0 Å². The van der Waals surface area contributed by atoms with Crippen molar-refractivity contribution in [2.75, 3.05) is 21.9 Å². The van der Waals surface area contributed by atoms with Crippen LogP contribution in [0.4, 0.5) is 34.4 Å². The molecule has 0 aliphatic heterocycles. The van der Waals surface area contributed by atoms with Crippen molar-refractivity contribution in [2.24, 2.45) is 0 Å². The van der Waals surface area contributed by atoms with Crippen LogP contribution in [0.15, 0.2) is 73.8 Å². The van der Waals surface area contributed by atoms with Crippen LogP contribution in [0.2, 0.25) is 0 Å². The van der Waals surface area contributed by atoms with Gasteiger partial charge in [-0.2, -0.15) is 0 Å². The average Bonchev–Trinajstić information content (AvgIpc) is 2.89. The minimum absolute atomic E-state index is 0.000637. The number of nitrogens with one attached hydrogen (secondary N) is 3. The lowest BCUT2D eigenvalue weighted by Gasteiger charge is -2.18. The Balaban J connectivity index is 1.58. The van der Waals surface area contributed by atoms with Crippen LogP contribution >= 0.6 is 0 Å². The molecule has 3 aromatic rings. The molecule has 0 amide bonds. The van der Waals surface area contributed by atoms with Gasteiger partial charge in [0.2, 0.25) is 11.1 Å². The van der Waals surface area contributed by atoms with Crippen LogP contribution in [0.1, 0.15) is 11.1 Å². The van der Waals surface area contributed by atoms with Gasteiger partial charge >= 0.3 is 0 Å². The summed E-state index contributed by atoms with van der Waals surface area (Å²) in [5.41, 5.74) is 12.2. The molecule has 186 valence electrons. The predicted octanol–water partition coefficient (Wildman–Crippen LogP) is 3.21. The van der Waals surface area contributed by atoms with Gasteiger partial charge in [0.25, 0.3) is 0 Å². The fourth-order valence-electron chi connectivity index (χ4n) is 4.37. The van der Waals surface area contributed by atoms with E-state index >= 15 is 0 Å². The number of rotatable bonds is 5. The fraction of sp³-hybridized carbons (Fsp3) is 0.0714. The number of nitrogens with two attached hydrogens (primary N) is 1. The first-order chi connectivity index (χ1) is 18.2. The Labute approximate surface area is 214 Å². The van der Waals surface area contributed by atoms with E-state index in [-0.39, 0.29) is 33.8 Å². The molecular weight excluding hydrogens is 484 g/mol. The van der Waals surface area contributed by atoms with Gasteiger partial charge in [0.1, 0.15) is 11.6 Å². The van der Waals surface area contributed by atoms with Gasteiger partial charge in [0.15, 0.2) is 16.3 Å². The molecule has 0 bridgehead atoms. The molecule has 2 aliphatic carbocycles. The van der Waals surface area contributed by atoms with Gasteiger partial charge in [0, 0.05) is 11.1 Å². The van der Waals surface area contributed by atoms with Gasteiger partial charge in [-0.3, -0.25) is 24.6 Å². The van der Waals surface area contributed by atoms with Crippen molar-refractivity contribution in [3.8, 4) is 0 Å². The minimum atomic E-state index is -0.732. The molecular formula is C28H20N6O4. The molecule has 0 radical (unpaired) electrons. The smallest absolute Gasteiger partial charge is 0.233 e. The van der Waals surface area contributed by atoms with Gasteiger partial charge in [-0.05, 0) is 49.7 Å². The molecule has 0 saturated carbocycles. The summed E-state index contributed by atoms with van der Waals surface area (Å²) in [5, 5.41) is 2.21. The highest BCUT2D eigenvalue weighted by Gasteiger charge is 2.18. The van der Waals surface area contributed by atoms with E-state index in [9.17, 15) is 19.2 Å². The third kappa shape index (κ3) is 3.88. The lowest BCUT2D eigenvalue weighted by atomic mass is 10.0. The summed E-state index contributed by atoms with van der Waals surface area (Å²) >= 11 is 0. The first-order valence-electron chi connectivity index (χ1n) is 11.5. The van der Waals surface area contributed by atoms with Crippen molar-refractivity contribution >= 4 is 45.2 Å². The van der Waals surface area contributed by atoms with E-state index < -0.39 is 32.2 Å². The molecule has 0 saturated heterocycles. The fourth-order valence-corrected chi connectivity index (χ4v) is 4.37. The summed E-state index contributed by atoms with van der Waals surface area (Å²) in [5.74, 6) is 0.364. The Kier molecular flexibility index (Phi) is 5.81. The van der Waals surface area contributed by atoms with Crippen LogP contribution in [0.3, 0.4) is 0 Å². The standard InChI is InChI=1S/C28H20N6O4/c1-13-7-9-15(10-8-13)31-28-24(30-3)14(2)23(27(29)32-28)34-33-17-6-4-5-16-20(17)26(38)22-19(36)12-11-18(35)21(22)25(16)37/h4-12,33-34H,1-2H3,(H3,29,31,32). The SMILES string of the molecule is [C-]#[N+]c1c(Nc2ccc(C)cc2)nc(N)c(NNc2cccc3c(=O)c4c(=O)ccc(=O)c=4c(=O)c23)c1C. The van der Waals surface area contributed by atoms with E-state index in [0.29, 0.717) is 11.3 Å². The number of anilines is 5. The lowest BCUT2D eigenvalue weighted by Crippen LogP contribution is -2.28. The van der Waals surface area contributed by atoms with E-state index in [0.717, 1.165) is 23.4 Å². The zero-order valence-electron chi connectivity index (χ0n) is 20.3. The Hall–Kier alpha value is -5.56. The third-order valence-corrected chi connectivity index (χ3v) is 6.31. The number of benzene rings is 2. The molecule has 2 aliphatic rings. The molecule has 0 fully saturated rings. The maximum Gasteiger partial charge on any atom is 0.233 e. The summed E-state index contributed by atoms with van der Waals surface area (Å²) in [6, 6.07) is 14.1. The highest BCUT2D eigenvalue weighted by atomic mass is 16.1. The molecule has 10 heteroatoms. The summed E-state index contributed by atoms with van der Waals surface area (Å²) in [6.07, 6.45) is 0. The topological polar surface area (TPSA) is 148 Å². The highest BCUT2D eigenvalue weighted by molar-refractivity contribution is 5.94. The number of nitrogens with zero attached hydrogens (tertiary/aromatic N) is 2. The molecule has 1 aromatic heterocycles. The maximum absolute atomic E-state index is 13.3. The second-order valence-electron chi connectivity index (χ2n) is 8.75. The van der Waals surface area contributed by atoms with Crippen LogP contribution < -0.4 is 43.6 Å². The zero-order valence-corrected chi connectivity index (χ0v) is 20.3. The van der Waals surface area contributed by atoms with Crippen molar-refractivity contribution in [1.29, 1.82) is 0 Å². The zero-order chi connectivity index (χ0) is 27.1. The first kappa shape index (κ1) is 24.1. The second-order valence-corrected chi connectivity index (χ2v) is 8.75. The van der Waals surface area contributed by atoms with E-state index in [4.69, 9.17) is 12.3 Å². The van der Waals surface area contributed by atoms with E-state index in [1.807, 2.05) is 31.2 Å². The number of fused-ring (bicyclic) bond motifs is 1. The number of aryl methyl sites for hydroxylation is 1. The van der Waals surface area contributed by atoms with Crippen LogP contribution in [-0.2, 0) is 0 Å². The maximum atomic E-state index is 13.3. The van der Waals surface area contributed by atoms with Crippen molar-refractivity contribution < 1.29 is 0 Å². The number of nitrogen functional groups attached to an aromatic ring is 1. The summed E-state index contributed by atoms with van der Waals surface area (Å²) < 4.78 is 0. The molecule has 38 heavy (non-hydrogen) atoms. The molecule has 0 unspecified atom stereocenters. The third-order valence-electron chi connectivity index (χ3n) is 6.31. The summed E-state index contributed by atoms with van der Waals surface area (Å²) in [7, 11) is 0. The van der Waals surface area contributed by atoms with E-state index in [1.165, 1.54) is 18.2 Å². The van der Waals surface area contributed by atoms with Crippen LogP contribution in [0.5, 0.6) is 0 Å². The van der Waals surface area contributed by atoms with Gasteiger partial charge in [-0.25, -0.2) is 9.83 Å². The Morgan fingerprint density at radius 3 is 2.16 bits per heavy atom. The largest absolute Gasteiger partial charge is 0.382 e. The number of hydrogen-bond acceptors (Lipinski definition) is 9. The molecule has 10 nitrogen and oxygen atoms in total. The summed E-state index contributed by atoms with van der Waals surface area (Å²) in [6.45, 7) is 11.3. The normalized spacial score (nSPS) is 10.9. The Morgan fingerprint density at radius 2 is 1.50 bits per heavy atom. The van der Waals surface area contributed by atoms with Gasteiger partial charge in [0.05, 0.1) is 33.8 Å². The molecule has 2 aromatic carbocycles. The van der Waals surface area contributed by atoms with Crippen LogP contribution in [0, 0.1) is 30.9 Å². The van der Waals surface area contributed by atoms with Crippen LogP contribution in [-0.4, -0.2) is 4.98 Å². The van der Waals surface area contributed by atoms with Gasteiger partial charge in [-0.1, -0.05) is 29.8 Å². The van der Waals surface area contributed by atoms with Crippen molar-refractivity contribution in [1.82, 2.24) is 4.98 Å². The molecule has 5 rings (SSSR count). The monoisotopic (exact) mass is 504 g/mol. The Morgan fingerprint density at radius 1 is 0.842 bits per heavy atom.